The van der Waals surface area contributed by atoms with E-state index in [1.54, 1.807) is 0 Å². The van der Waals surface area contributed by atoms with Crippen molar-refractivity contribution in [1.29, 1.82) is 0 Å². The van der Waals surface area contributed by atoms with Gasteiger partial charge >= 0.3 is 0 Å². The van der Waals surface area contributed by atoms with Gasteiger partial charge < -0.3 is 5.32 Å². The first-order valence-corrected chi connectivity index (χ1v) is 9.85. The molecule has 126 valence electrons. The SMILES string of the molecule is CCCCCCCCCCC(NCC)C1CCCC1(C)C. The van der Waals surface area contributed by atoms with Crippen molar-refractivity contribution in [3.05, 3.63) is 0 Å². The molecular weight excluding hydrogens is 254 g/mol. The molecule has 1 fully saturated rings. The predicted molar refractivity (Wildman–Crippen MR) is 95.8 cm³/mol. The minimum absolute atomic E-state index is 0.562. The Morgan fingerprint density at radius 1 is 0.952 bits per heavy atom. The molecule has 1 heteroatoms. The maximum absolute atomic E-state index is 3.80. The summed E-state index contributed by atoms with van der Waals surface area (Å²) in [7, 11) is 0. The fourth-order valence-electron chi connectivity index (χ4n) is 4.31. The van der Waals surface area contributed by atoms with Crippen LogP contribution >= 0.6 is 0 Å². The van der Waals surface area contributed by atoms with Gasteiger partial charge in [-0.2, -0.15) is 0 Å². The van der Waals surface area contributed by atoms with Gasteiger partial charge in [0.1, 0.15) is 0 Å². The highest BCUT2D eigenvalue weighted by Crippen LogP contribution is 2.45. The average Bonchev–Trinajstić information content (AvgIpc) is 2.80. The van der Waals surface area contributed by atoms with Gasteiger partial charge in [-0.3, -0.25) is 0 Å². The van der Waals surface area contributed by atoms with E-state index in [0.29, 0.717) is 5.41 Å². The van der Waals surface area contributed by atoms with Crippen LogP contribution in [0.25, 0.3) is 0 Å². The molecular formula is C20H41N. The zero-order valence-electron chi connectivity index (χ0n) is 15.3. The molecule has 1 nitrogen and oxygen atoms in total. The molecule has 0 aromatic rings. The van der Waals surface area contributed by atoms with Crippen LogP contribution in [0, 0.1) is 11.3 Å². The second-order valence-electron chi connectivity index (χ2n) is 7.92. The Bertz CT molecular complexity index is 246. The molecule has 2 atom stereocenters. The van der Waals surface area contributed by atoms with Gasteiger partial charge in [-0.25, -0.2) is 0 Å². The van der Waals surface area contributed by atoms with E-state index in [4.69, 9.17) is 0 Å². The zero-order chi connectivity index (χ0) is 15.6. The van der Waals surface area contributed by atoms with E-state index >= 15 is 0 Å². The van der Waals surface area contributed by atoms with Crippen LogP contribution in [0.15, 0.2) is 0 Å². The molecule has 0 aromatic carbocycles. The molecule has 1 N–H and O–H groups in total. The van der Waals surface area contributed by atoms with Crippen LogP contribution in [0.5, 0.6) is 0 Å². The Morgan fingerprint density at radius 2 is 1.57 bits per heavy atom. The van der Waals surface area contributed by atoms with Crippen LogP contribution in [-0.2, 0) is 0 Å². The average molecular weight is 296 g/mol. The van der Waals surface area contributed by atoms with Crippen LogP contribution < -0.4 is 5.32 Å². The van der Waals surface area contributed by atoms with Gasteiger partial charge in [0, 0.05) is 6.04 Å². The summed E-state index contributed by atoms with van der Waals surface area (Å²) >= 11 is 0. The predicted octanol–water partition coefficient (Wildman–Crippen LogP) is 6.32. The van der Waals surface area contributed by atoms with E-state index in [0.717, 1.165) is 18.5 Å². The molecule has 21 heavy (non-hydrogen) atoms. The summed E-state index contributed by atoms with van der Waals surface area (Å²) in [6, 6.07) is 0.771. The minimum Gasteiger partial charge on any atom is -0.314 e. The molecule has 1 aliphatic rings. The number of nitrogens with one attached hydrogen (secondary N) is 1. The third kappa shape index (κ3) is 7.17. The van der Waals surface area contributed by atoms with Crippen molar-refractivity contribution in [3.63, 3.8) is 0 Å². The quantitative estimate of drug-likeness (QED) is 0.415. The van der Waals surface area contributed by atoms with E-state index in [9.17, 15) is 0 Å². The highest BCUT2D eigenvalue weighted by molar-refractivity contribution is 4.92. The summed E-state index contributed by atoms with van der Waals surface area (Å²) in [6.45, 7) is 10.7. The third-order valence-corrected chi connectivity index (χ3v) is 5.66. The number of hydrogen-bond acceptors (Lipinski definition) is 1. The lowest BCUT2D eigenvalue weighted by molar-refractivity contribution is 0.188. The van der Waals surface area contributed by atoms with Gasteiger partial charge in [0.15, 0.2) is 0 Å². The Morgan fingerprint density at radius 3 is 2.10 bits per heavy atom. The summed E-state index contributed by atoms with van der Waals surface area (Å²) in [4.78, 5) is 0. The Labute approximate surface area is 134 Å². The Balaban J connectivity index is 2.17. The van der Waals surface area contributed by atoms with E-state index in [-0.39, 0.29) is 0 Å². The van der Waals surface area contributed by atoms with Crippen molar-refractivity contribution in [3.8, 4) is 0 Å². The van der Waals surface area contributed by atoms with E-state index in [2.05, 4.69) is 33.0 Å². The molecule has 0 spiro atoms. The molecule has 0 saturated heterocycles. The highest BCUT2D eigenvalue weighted by Gasteiger charge is 2.38. The maximum Gasteiger partial charge on any atom is 0.0100 e. The highest BCUT2D eigenvalue weighted by atomic mass is 14.9. The first-order valence-electron chi connectivity index (χ1n) is 9.85. The molecule has 2 unspecified atom stereocenters. The largest absolute Gasteiger partial charge is 0.314 e. The molecule has 0 amide bonds. The van der Waals surface area contributed by atoms with Crippen LogP contribution in [-0.4, -0.2) is 12.6 Å². The number of rotatable bonds is 12. The lowest BCUT2D eigenvalue weighted by Crippen LogP contribution is -2.40. The summed E-state index contributed by atoms with van der Waals surface area (Å²) < 4.78 is 0. The van der Waals surface area contributed by atoms with E-state index in [1.165, 1.54) is 77.0 Å². The molecule has 1 saturated carbocycles. The molecule has 0 radical (unpaired) electrons. The van der Waals surface area contributed by atoms with Crippen molar-refractivity contribution in [1.82, 2.24) is 5.32 Å². The Kier molecular flexibility index (Phi) is 9.64. The van der Waals surface area contributed by atoms with Gasteiger partial charge in [0.2, 0.25) is 0 Å². The van der Waals surface area contributed by atoms with Crippen molar-refractivity contribution >= 4 is 0 Å². The first kappa shape index (κ1) is 19.0. The number of hydrogen-bond donors (Lipinski definition) is 1. The van der Waals surface area contributed by atoms with Crippen molar-refractivity contribution in [2.24, 2.45) is 11.3 Å². The van der Waals surface area contributed by atoms with Crippen LogP contribution in [0.4, 0.5) is 0 Å². The topological polar surface area (TPSA) is 12.0 Å². The van der Waals surface area contributed by atoms with Gasteiger partial charge in [-0.15, -0.1) is 0 Å². The van der Waals surface area contributed by atoms with Gasteiger partial charge in [0.25, 0.3) is 0 Å². The summed E-state index contributed by atoms with van der Waals surface area (Å²) in [5.74, 6) is 0.905. The minimum atomic E-state index is 0.562. The van der Waals surface area contributed by atoms with Gasteiger partial charge in [-0.05, 0) is 37.1 Å². The summed E-state index contributed by atoms with van der Waals surface area (Å²) in [5, 5.41) is 3.80. The normalized spacial score (nSPS) is 22.6. The van der Waals surface area contributed by atoms with E-state index in [1.807, 2.05) is 0 Å². The molecule has 0 heterocycles. The van der Waals surface area contributed by atoms with Crippen LogP contribution in [0.1, 0.15) is 105 Å². The summed E-state index contributed by atoms with van der Waals surface area (Å²) in [5.41, 5.74) is 0.562. The molecule has 0 aliphatic heterocycles. The lowest BCUT2D eigenvalue weighted by atomic mass is 9.76. The fourth-order valence-corrected chi connectivity index (χ4v) is 4.31. The molecule has 1 aliphatic carbocycles. The standard InChI is InChI=1S/C20H41N/c1-5-7-8-9-10-11-12-13-16-19(21-6-2)18-15-14-17-20(18,3)4/h18-19,21H,5-17H2,1-4H3. The first-order chi connectivity index (χ1) is 10.1. The fraction of sp³-hybridized carbons (Fsp3) is 1.00. The van der Waals surface area contributed by atoms with Crippen LogP contribution in [0.2, 0.25) is 0 Å². The van der Waals surface area contributed by atoms with Crippen LogP contribution in [0.3, 0.4) is 0 Å². The maximum atomic E-state index is 3.80. The zero-order valence-corrected chi connectivity index (χ0v) is 15.3. The smallest absolute Gasteiger partial charge is 0.0100 e. The molecule has 0 aromatic heterocycles. The lowest BCUT2D eigenvalue weighted by Gasteiger charge is -2.35. The van der Waals surface area contributed by atoms with Gasteiger partial charge in [-0.1, -0.05) is 85.5 Å². The third-order valence-electron chi connectivity index (χ3n) is 5.66. The monoisotopic (exact) mass is 295 g/mol. The Hall–Kier alpha value is -0.0400. The molecule has 0 bridgehead atoms. The number of unbranched alkanes of at least 4 members (excludes halogenated alkanes) is 7. The molecule has 1 rings (SSSR count). The van der Waals surface area contributed by atoms with Crippen molar-refractivity contribution in [2.45, 2.75) is 111 Å². The van der Waals surface area contributed by atoms with Crippen molar-refractivity contribution in [2.75, 3.05) is 6.54 Å². The van der Waals surface area contributed by atoms with E-state index < -0.39 is 0 Å². The van der Waals surface area contributed by atoms with Crippen molar-refractivity contribution < 1.29 is 0 Å². The summed E-state index contributed by atoms with van der Waals surface area (Å²) in [6.07, 6.45) is 17.2. The second kappa shape index (κ2) is 10.6. The van der Waals surface area contributed by atoms with Gasteiger partial charge in [0.05, 0.1) is 0 Å². The second-order valence-corrected chi connectivity index (χ2v) is 7.92.